The van der Waals surface area contributed by atoms with E-state index in [0.717, 1.165) is 5.56 Å². The molecule has 2 rings (SSSR count). The highest BCUT2D eigenvalue weighted by Crippen LogP contribution is 2.35. The van der Waals surface area contributed by atoms with Crippen molar-refractivity contribution in [2.75, 3.05) is 4.90 Å². The van der Waals surface area contributed by atoms with E-state index in [1.54, 1.807) is 50.2 Å². The van der Waals surface area contributed by atoms with Crippen LogP contribution < -0.4 is 4.90 Å². The van der Waals surface area contributed by atoms with Gasteiger partial charge in [-0.2, -0.15) is 0 Å². The Morgan fingerprint density at radius 1 is 1.13 bits per heavy atom. The van der Waals surface area contributed by atoms with Crippen molar-refractivity contribution in [3.63, 3.8) is 0 Å². The van der Waals surface area contributed by atoms with Crippen molar-refractivity contribution in [1.82, 2.24) is 0 Å². The third kappa shape index (κ3) is 3.71. The summed E-state index contributed by atoms with van der Waals surface area (Å²) in [6.07, 6.45) is -1.04. The maximum absolute atomic E-state index is 11.6. The fourth-order valence-electron chi connectivity index (χ4n) is 2.46. The number of anilines is 1. The van der Waals surface area contributed by atoms with E-state index < -0.39 is 6.09 Å². The summed E-state index contributed by atoms with van der Waals surface area (Å²) in [6.45, 7) is 5.10. The highest BCUT2D eigenvalue weighted by atomic mass is 35.5. The quantitative estimate of drug-likeness (QED) is 0.793. The summed E-state index contributed by atoms with van der Waals surface area (Å²) in [6, 6.07) is 11.9. The molecule has 0 radical (unpaired) electrons. The molecular weight excluding hydrogens is 314 g/mol. The van der Waals surface area contributed by atoms with Gasteiger partial charge < -0.3 is 5.11 Å². The van der Waals surface area contributed by atoms with Crippen LogP contribution in [0.1, 0.15) is 31.1 Å². The molecule has 0 atom stereocenters. The molecule has 0 saturated heterocycles. The minimum Gasteiger partial charge on any atom is -0.465 e. The molecule has 0 aromatic heterocycles. The number of benzene rings is 2. The molecule has 5 heteroatoms. The molecule has 0 aliphatic heterocycles. The number of carbonyl (C=O) groups excluding carboxylic acids is 1. The highest BCUT2D eigenvalue weighted by Gasteiger charge is 2.22. The summed E-state index contributed by atoms with van der Waals surface area (Å²) in [7, 11) is 0. The van der Waals surface area contributed by atoms with Crippen LogP contribution in [0.3, 0.4) is 0 Å². The number of Topliss-reactive ketones (excluding diaryl/α,β-unsaturated/α-hetero) is 1. The van der Waals surface area contributed by atoms with Crippen LogP contribution in [0.25, 0.3) is 11.1 Å². The van der Waals surface area contributed by atoms with Gasteiger partial charge in [-0.15, -0.1) is 0 Å². The fourth-order valence-corrected chi connectivity index (χ4v) is 2.63. The summed E-state index contributed by atoms with van der Waals surface area (Å²) in [4.78, 5) is 24.5. The summed E-state index contributed by atoms with van der Waals surface area (Å²) >= 11 is 6.10. The topological polar surface area (TPSA) is 57.6 Å². The Morgan fingerprint density at radius 2 is 1.83 bits per heavy atom. The average molecular weight is 332 g/mol. The van der Waals surface area contributed by atoms with Gasteiger partial charge in [0.05, 0.1) is 5.69 Å². The molecule has 0 bridgehead atoms. The number of hydrogen-bond donors (Lipinski definition) is 1. The Hall–Kier alpha value is -2.33. The number of ketones is 1. The lowest BCUT2D eigenvalue weighted by molar-refractivity contribution is 0.101. The third-order valence-electron chi connectivity index (χ3n) is 3.52. The van der Waals surface area contributed by atoms with Crippen LogP contribution in [0.2, 0.25) is 5.02 Å². The molecule has 1 amide bonds. The van der Waals surface area contributed by atoms with Gasteiger partial charge in [0.15, 0.2) is 5.78 Å². The van der Waals surface area contributed by atoms with E-state index in [0.29, 0.717) is 21.8 Å². The first kappa shape index (κ1) is 17.0. The number of rotatable bonds is 4. The van der Waals surface area contributed by atoms with E-state index in [4.69, 9.17) is 11.6 Å². The number of carboxylic acid groups (broad SMARTS) is 1. The van der Waals surface area contributed by atoms with Crippen molar-refractivity contribution in [2.45, 2.75) is 26.8 Å². The van der Waals surface area contributed by atoms with E-state index >= 15 is 0 Å². The molecule has 0 heterocycles. The molecule has 0 aliphatic rings. The van der Waals surface area contributed by atoms with Crippen LogP contribution in [0.5, 0.6) is 0 Å². The predicted molar refractivity (Wildman–Crippen MR) is 92.5 cm³/mol. The maximum Gasteiger partial charge on any atom is 0.412 e. The molecule has 0 fully saturated rings. The minimum absolute atomic E-state index is 0.0469. The van der Waals surface area contributed by atoms with Crippen molar-refractivity contribution in [3.05, 3.63) is 53.1 Å². The summed E-state index contributed by atoms with van der Waals surface area (Å²) < 4.78 is 0. The lowest BCUT2D eigenvalue weighted by atomic mass is 9.99. The summed E-state index contributed by atoms with van der Waals surface area (Å²) in [5.41, 5.74) is 2.54. The van der Waals surface area contributed by atoms with Gasteiger partial charge in [0, 0.05) is 22.2 Å². The number of amides is 1. The van der Waals surface area contributed by atoms with Gasteiger partial charge in [0.25, 0.3) is 0 Å². The van der Waals surface area contributed by atoms with Crippen molar-refractivity contribution >= 4 is 29.2 Å². The minimum atomic E-state index is -1.04. The van der Waals surface area contributed by atoms with Gasteiger partial charge in [-0.3, -0.25) is 9.69 Å². The van der Waals surface area contributed by atoms with Crippen LogP contribution in [-0.4, -0.2) is 23.0 Å². The van der Waals surface area contributed by atoms with E-state index in [9.17, 15) is 14.7 Å². The van der Waals surface area contributed by atoms with Gasteiger partial charge >= 0.3 is 6.09 Å². The van der Waals surface area contributed by atoms with Crippen LogP contribution >= 0.6 is 11.6 Å². The molecule has 0 aliphatic carbocycles. The Balaban J connectivity index is 2.66. The second-order valence-corrected chi connectivity index (χ2v) is 5.98. The molecule has 0 spiro atoms. The van der Waals surface area contributed by atoms with Crippen LogP contribution in [0.4, 0.5) is 10.5 Å². The molecular formula is C18H18ClNO3. The van der Waals surface area contributed by atoms with E-state index in [1.807, 2.05) is 6.07 Å². The van der Waals surface area contributed by atoms with E-state index in [2.05, 4.69) is 0 Å². The SMILES string of the molecule is CC(=O)c1cccc(-c2cc(Cl)ccc2N(C(=O)O)C(C)C)c1. The maximum atomic E-state index is 11.6. The van der Waals surface area contributed by atoms with Crippen LogP contribution in [0.15, 0.2) is 42.5 Å². The fraction of sp³-hybridized carbons (Fsp3) is 0.222. The average Bonchev–Trinajstić information content (AvgIpc) is 2.48. The smallest absolute Gasteiger partial charge is 0.412 e. The zero-order valence-corrected chi connectivity index (χ0v) is 14.0. The van der Waals surface area contributed by atoms with Gasteiger partial charge in [0.2, 0.25) is 0 Å². The van der Waals surface area contributed by atoms with Gasteiger partial charge in [-0.25, -0.2) is 4.79 Å². The zero-order valence-electron chi connectivity index (χ0n) is 13.2. The number of hydrogen-bond acceptors (Lipinski definition) is 2. The molecule has 23 heavy (non-hydrogen) atoms. The standard InChI is InChI=1S/C18H18ClNO3/c1-11(2)20(18(22)23)17-8-7-15(19)10-16(17)14-6-4-5-13(9-14)12(3)21/h4-11H,1-3H3,(H,22,23). The van der Waals surface area contributed by atoms with Crippen molar-refractivity contribution in [1.29, 1.82) is 0 Å². The van der Waals surface area contributed by atoms with Crippen molar-refractivity contribution in [3.8, 4) is 11.1 Å². The Bertz CT molecular complexity index is 756. The second kappa shape index (κ2) is 6.84. The predicted octanol–water partition coefficient (Wildman–Crippen LogP) is 5.10. The normalized spacial score (nSPS) is 10.7. The first-order valence-corrected chi connectivity index (χ1v) is 7.62. The lowest BCUT2D eigenvalue weighted by Crippen LogP contribution is -2.36. The molecule has 2 aromatic rings. The van der Waals surface area contributed by atoms with Crippen molar-refractivity contribution < 1.29 is 14.7 Å². The first-order chi connectivity index (χ1) is 10.8. The first-order valence-electron chi connectivity index (χ1n) is 7.24. The molecule has 2 aromatic carbocycles. The van der Waals surface area contributed by atoms with Gasteiger partial charge in [-0.05, 0) is 50.6 Å². The van der Waals surface area contributed by atoms with Crippen molar-refractivity contribution in [2.24, 2.45) is 0 Å². The number of nitrogens with zero attached hydrogens (tertiary/aromatic N) is 1. The summed E-state index contributed by atoms with van der Waals surface area (Å²) in [5.74, 6) is -0.0469. The number of carbonyl (C=O) groups is 2. The molecule has 120 valence electrons. The number of halogens is 1. The van der Waals surface area contributed by atoms with E-state index in [-0.39, 0.29) is 11.8 Å². The second-order valence-electron chi connectivity index (χ2n) is 5.54. The monoisotopic (exact) mass is 331 g/mol. The van der Waals surface area contributed by atoms with Crippen LogP contribution in [-0.2, 0) is 0 Å². The lowest BCUT2D eigenvalue weighted by Gasteiger charge is -2.26. The van der Waals surface area contributed by atoms with Gasteiger partial charge in [0.1, 0.15) is 0 Å². The van der Waals surface area contributed by atoms with Crippen LogP contribution in [0, 0.1) is 0 Å². The zero-order chi connectivity index (χ0) is 17.1. The Morgan fingerprint density at radius 3 is 2.39 bits per heavy atom. The molecule has 4 nitrogen and oxygen atoms in total. The Kier molecular flexibility index (Phi) is 5.06. The highest BCUT2D eigenvalue weighted by molar-refractivity contribution is 6.31. The molecule has 0 saturated carbocycles. The van der Waals surface area contributed by atoms with E-state index in [1.165, 1.54) is 11.8 Å². The summed E-state index contributed by atoms with van der Waals surface area (Å²) in [5, 5.41) is 10.0. The van der Waals surface area contributed by atoms with Gasteiger partial charge in [-0.1, -0.05) is 29.8 Å². The third-order valence-corrected chi connectivity index (χ3v) is 3.76. The molecule has 1 N–H and O–H groups in total. The Labute approximate surface area is 140 Å². The largest absolute Gasteiger partial charge is 0.465 e. The molecule has 0 unspecified atom stereocenters.